The Hall–Kier alpha value is -0.610. The Morgan fingerprint density at radius 2 is 0.955 bits per heavy atom. The first-order valence-corrected chi connectivity index (χ1v) is 9.19. The van der Waals surface area contributed by atoms with Gasteiger partial charge in [0.2, 0.25) is 5.91 Å². The molecule has 0 unspecified atom stereocenters. The lowest BCUT2D eigenvalue weighted by Crippen LogP contribution is -2.09. The van der Waals surface area contributed by atoms with E-state index in [4.69, 9.17) is 15.9 Å². The van der Waals surface area contributed by atoms with E-state index in [1.54, 1.807) is 6.92 Å². The number of amides is 1. The van der Waals surface area contributed by atoms with Crippen LogP contribution >= 0.6 is 0 Å². The predicted molar refractivity (Wildman–Crippen MR) is 93.7 cm³/mol. The van der Waals surface area contributed by atoms with Crippen molar-refractivity contribution in [1.82, 2.24) is 0 Å². The number of hydrogen-bond acceptors (Lipinski definition) is 3. The number of primary amides is 1. The van der Waals surface area contributed by atoms with Gasteiger partial charge in [-0.2, -0.15) is 0 Å². The first-order valence-electron chi connectivity index (χ1n) is 9.19. The van der Waals surface area contributed by atoms with Crippen LogP contribution in [0.3, 0.4) is 0 Å². The molecular weight excluding hydrogens is 278 g/mol. The lowest BCUT2D eigenvalue weighted by molar-refractivity contribution is -0.118. The minimum absolute atomic E-state index is 0.168. The molecule has 0 aromatic rings. The third-order valence-corrected chi connectivity index (χ3v) is 3.58. The molecule has 0 atom stereocenters. The van der Waals surface area contributed by atoms with Gasteiger partial charge >= 0.3 is 0 Å². The molecule has 0 fully saturated rings. The van der Waals surface area contributed by atoms with Gasteiger partial charge in [0.15, 0.2) is 0 Å². The summed E-state index contributed by atoms with van der Waals surface area (Å²) < 4.78 is 0. The number of aliphatic hydroxyl groups excluding tert-OH is 2. The fraction of sp³-hybridized carbons (Fsp3) is 0.944. The van der Waals surface area contributed by atoms with Gasteiger partial charge < -0.3 is 15.9 Å². The lowest BCUT2D eigenvalue weighted by Gasteiger charge is -2.02. The second-order valence-electron chi connectivity index (χ2n) is 5.85. The monoisotopic (exact) mass is 317 g/mol. The van der Waals surface area contributed by atoms with Crippen molar-refractivity contribution >= 4 is 5.91 Å². The SMILES string of the molecule is CCO.NC(=O)CCCCCCCCCCCCCCCO. The highest BCUT2D eigenvalue weighted by molar-refractivity contribution is 5.73. The maximum atomic E-state index is 10.5. The number of carbonyl (C=O) groups excluding carboxylic acids is 1. The van der Waals surface area contributed by atoms with Crippen LogP contribution in [0.1, 0.15) is 96.8 Å². The third-order valence-electron chi connectivity index (χ3n) is 3.58. The fourth-order valence-corrected chi connectivity index (χ4v) is 2.36. The van der Waals surface area contributed by atoms with Gasteiger partial charge in [0.05, 0.1) is 0 Å². The molecule has 134 valence electrons. The van der Waals surface area contributed by atoms with E-state index in [2.05, 4.69) is 0 Å². The molecule has 0 saturated heterocycles. The van der Waals surface area contributed by atoms with Gasteiger partial charge in [0, 0.05) is 19.6 Å². The largest absolute Gasteiger partial charge is 0.397 e. The quantitative estimate of drug-likeness (QED) is 0.400. The van der Waals surface area contributed by atoms with Gasteiger partial charge in [0.25, 0.3) is 0 Å². The molecule has 4 heteroatoms. The smallest absolute Gasteiger partial charge is 0.217 e. The van der Waals surface area contributed by atoms with Crippen molar-refractivity contribution in [2.45, 2.75) is 96.8 Å². The number of rotatable bonds is 15. The van der Waals surface area contributed by atoms with Gasteiger partial charge in [-0.15, -0.1) is 0 Å². The van der Waals surface area contributed by atoms with Crippen molar-refractivity contribution in [2.75, 3.05) is 13.2 Å². The van der Waals surface area contributed by atoms with E-state index in [-0.39, 0.29) is 12.5 Å². The Morgan fingerprint density at radius 3 is 1.23 bits per heavy atom. The molecule has 4 N–H and O–H groups in total. The molecule has 0 aromatic heterocycles. The first-order chi connectivity index (χ1) is 10.7. The molecule has 0 aromatic carbocycles. The summed E-state index contributed by atoms with van der Waals surface area (Å²) in [6, 6.07) is 0. The van der Waals surface area contributed by atoms with Crippen molar-refractivity contribution in [3.63, 3.8) is 0 Å². The second kappa shape index (κ2) is 22.7. The molecule has 0 spiro atoms. The molecule has 0 aliphatic carbocycles. The van der Waals surface area contributed by atoms with Crippen LogP contribution < -0.4 is 5.73 Å². The summed E-state index contributed by atoms with van der Waals surface area (Å²) in [5, 5.41) is 16.2. The van der Waals surface area contributed by atoms with E-state index in [0.29, 0.717) is 13.0 Å². The van der Waals surface area contributed by atoms with Gasteiger partial charge in [-0.3, -0.25) is 4.79 Å². The van der Waals surface area contributed by atoms with Crippen LogP contribution in [0.25, 0.3) is 0 Å². The zero-order valence-electron chi connectivity index (χ0n) is 14.7. The standard InChI is InChI=1S/C16H33NO2.C2H6O/c17-16(19)14-12-10-8-6-4-2-1-3-5-7-9-11-13-15-18;1-2-3/h18H,1-15H2,(H2,17,19);3H,2H2,1H3. The van der Waals surface area contributed by atoms with E-state index in [1.807, 2.05) is 0 Å². The van der Waals surface area contributed by atoms with Crippen molar-refractivity contribution < 1.29 is 15.0 Å². The molecule has 22 heavy (non-hydrogen) atoms. The molecule has 0 aliphatic heterocycles. The van der Waals surface area contributed by atoms with Crippen LogP contribution in [0.15, 0.2) is 0 Å². The van der Waals surface area contributed by atoms with Crippen LogP contribution in [-0.2, 0) is 4.79 Å². The van der Waals surface area contributed by atoms with Gasteiger partial charge in [0.1, 0.15) is 0 Å². The second-order valence-corrected chi connectivity index (χ2v) is 5.85. The Kier molecular flexibility index (Phi) is 24.4. The Morgan fingerprint density at radius 1 is 0.682 bits per heavy atom. The van der Waals surface area contributed by atoms with E-state index in [0.717, 1.165) is 19.3 Å². The minimum Gasteiger partial charge on any atom is -0.397 e. The average molecular weight is 318 g/mol. The Balaban J connectivity index is 0. The number of carbonyl (C=O) groups is 1. The molecule has 1 amide bonds. The number of nitrogens with two attached hydrogens (primary N) is 1. The van der Waals surface area contributed by atoms with E-state index >= 15 is 0 Å². The fourth-order valence-electron chi connectivity index (χ4n) is 2.36. The Bertz CT molecular complexity index is 211. The van der Waals surface area contributed by atoms with Crippen LogP contribution in [0.2, 0.25) is 0 Å². The van der Waals surface area contributed by atoms with Crippen LogP contribution in [0.4, 0.5) is 0 Å². The van der Waals surface area contributed by atoms with Crippen molar-refractivity contribution in [1.29, 1.82) is 0 Å². The first kappa shape index (κ1) is 23.7. The third kappa shape index (κ3) is 27.7. The van der Waals surface area contributed by atoms with E-state index in [9.17, 15) is 4.79 Å². The molecular formula is C18H39NO3. The highest BCUT2D eigenvalue weighted by Gasteiger charge is 1.95. The summed E-state index contributed by atoms with van der Waals surface area (Å²) in [7, 11) is 0. The molecule has 0 rings (SSSR count). The summed E-state index contributed by atoms with van der Waals surface area (Å²) in [6.07, 6.45) is 16.7. The lowest BCUT2D eigenvalue weighted by atomic mass is 10.0. The van der Waals surface area contributed by atoms with Crippen molar-refractivity contribution in [3.05, 3.63) is 0 Å². The van der Waals surface area contributed by atoms with E-state index in [1.165, 1.54) is 64.2 Å². The van der Waals surface area contributed by atoms with Gasteiger partial charge in [-0.1, -0.05) is 70.6 Å². The Labute approximate surface area is 137 Å². The summed E-state index contributed by atoms with van der Waals surface area (Å²) in [5.41, 5.74) is 5.09. The number of aliphatic hydroxyl groups is 2. The molecule has 0 radical (unpaired) electrons. The maximum Gasteiger partial charge on any atom is 0.217 e. The van der Waals surface area contributed by atoms with Crippen molar-refractivity contribution in [2.24, 2.45) is 5.73 Å². The zero-order chi connectivity index (χ0) is 16.9. The summed E-state index contributed by atoms with van der Waals surface area (Å²) in [5.74, 6) is -0.168. The molecule has 0 aliphatic rings. The van der Waals surface area contributed by atoms with Crippen LogP contribution in [0, 0.1) is 0 Å². The topological polar surface area (TPSA) is 83.5 Å². The molecule has 4 nitrogen and oxygen atoms in total. The van der Waals surface area contributed by atoms with Crippen molar-refractivity contribution in [3.8, 4) is 0 Å². The molecule has 0 heterocycles. The summed E-state index contributed by atoms with van der Waals surface area (Å²) in [4.78, 5) is 10.5. The zero-order valence-corrected chi connectivity index (χ0v) is 14.7. The number of hydrogen-bond donors (Lipinski definition) is 3. The van der Waals surface area contributed by atoms with Crippen LogP contribution in [0.5, 0.6) is 0 Å². The van der Waals surface area contributed by atoms with Gasteiger partial charge in [-0.25, -0.2) is 0 Å². The van der Waals surface area contributed by atoms with Crippen LogP contribution in [-0.4, -0.2) is 29.3 Å². The minimum atomic E-state index is -0.168. The maximum absolute atomic E-state index is 10.5. The van der Waals surface area contributed by atoms with E-state index < -0.39 is 0 Å². The number of unbranched alkanes of at least 4 members (excludes halogenated alkanes) is 12. The highest BCUT2D eigenvalue weighted by Crippen LogP contribution is 2.12. The summed E-state index contributed by atoms with van der Waals surface area (Å²) in [6.45, 7) is 2.28. The predicted octanol–water partition coefficient (Wildman–Crippen LogP) is 3.92. The summed E-state index contributed by atoms with van der Waals surface area (Å²) >= 11 is 0. The highest BCUT2D eigenvalue weighted by atomic mass is 16.3. The molecule has 0 bridgehead atoms. The van der Waals surface area contributed by atoms with Gasteiger partial charge in [-0.05, 0) is 19.8 Å². The average Bonchev–Trinajstić information content (AvgIpc) is 2.48. The molecule has 0 saturated carbocycles. The normalized spacial score (nSPS) is 10.1.